The molecule has 1 rings (SSSR count). The average molecular weight is 334 g/mol. The van der Waals surface area contributed by atoms with Crippen molar-refractivity contribution in [1.82, 2.24) is 9.21 Å². The van der Waals surface area contributed by atoms with Gasteiger partial charge < -0.3 is 10.0 Å². The van der Waals surface area contributed by atoms with Crippen LogP contribution in [0.5, 0.6) is 0 Å². The molecule has 22 heavy (non-hydrogen) atoms. The van der Waals surface area contributed by atoms with Gasteiger partial charge in [0.25, 0.3) is 0 Å². The van der Waals surface area contributed by atoms with Crippen molar-refractivity contribution in [1.29, 1.82) is 0 Å². The lowest BCUT2D eigenvalue weighted by atomic mass is 9.96. The summed E-state index contributed by atoms with van der Waals surface area (Å²) >= 11 is 0. The maximum absolute atomic E-state index is 12.5. The third kappa shape index (κ3) is 4.95. The third-order valence-corrected chi connectivity index (χ3v) is 5.92. The van der Waals surface area contributed by atoms with E-state index in [9.17, 15) is 18.0 Å². The van der Waals surface area contributed by atoms with Gasteiger partial charge in [0.05, 0.1) is 12.2 Å². The Morgan fingerprint density at radius 2 is 1.82 bits per heavy atom. The number of carboxylic acid groups (broad SMARTS) is 1. The molecule has 7 nitrogen and oxygen atoms in total. The minimum Gasteiger partial charge on any atom is -0.481 e. The summed E-state index contributed by atoms with van der Waals surface area (Å²) in [6, 6.07) is -0.0655. The number of aliphatic carboxylic acids is 1. The Balaban J connectivity index is 2.64. The molecular formula is C14H26N2O5S. The molecule has 1 fully saturated rings. The van der Waals surface area contributed by atoms with Gasteiger partial charge >= 0.3 is 5.97 Å². The molecule has 0 aliphatic carbocycles. The van der Waals surface area contributed by atoms with Crippen LogP contribution in [0.1, 0.15) is 40.0 Å². The van der Waals surface area contributed by atoms with Crippen molar-refractivity contribution in [3.8, 4) is 0 Å². The summed E-state index contributed by atoms with van der Waals surface area (Å²) in [5.74, 6) is -1.14. The summed E-state index contributed by atoms with van der Waals surface area (Å²) in [7, 11) is -3.20. The maximum Gasteiger partial charge on any atom is 0.305 e. The number of sulfonamides is 1. The number of carbonyl (C=O) groups excluding carboxylic acids is 1. The molecule has 1 amide bonds. The lowest BCUT2D eigenvalue weighted by Crippen LogP contribution is -2.47. The molecule has 1 N–H and O–H groups in total. The van der Waals surface area contributed by atoms with Gasteiger partial charge in [0.15, 0.2) is 0 Å². The number of rotatable bonds is 7. The molecule has 0 saturated carbocycles. The maximum atomic E-state index is 12.5. The summed E-state index contributed by atoms with van der Waals surface area (Å²) in [5, 5.41) is 8.78. The molecule has 0 spiro atoms. The second-order valence-corrected chi connectivity index (χ2v) is 8.10. The van der Waals surface area contributed by atoms with Gasteiger partial charge in [0.1, 0.15) is 0 Å². The van der Waals surface area contributed by atoms with E-state index in [4.69, 9.17) is 5.11 Å². The average Bonchev–Trinajstić information content (AvgIpc) is 2.46. The highest BCUT2D eigenvalue weighted by Gasteiger charge is 2.33. The van der Waals surface area contributed by atoms with Crippen LogP contribution in [0.3, 0.4) is 0 Å². The van der Waals surface area contributed by atoms with Crippen molar-refractivity contribution in [3.63, 3.8) is 0 Å². The Morgan fingerprint density at radius 1 is 1.27 bits per heavy atom. The number of piperidine rings is 1. The zero-order valence-corrected chi connectivity index (χ0v) is 14.3. The number of hydrogen-bond acceptors (Lipinski definition) is 4. The minimum absolute atomic E-state index is 0.0650. The molecule has 0 bridgehead atoms. The van der Waals surface area contributed by atoms with Crippen molar-refractivity contribution in [2.45, 2.75) is 46.1 Å². The fourth-order valence-electron chi connectivity index (χ4n) is 2.64. The van der Waals surface area contributed by atoms with Crippen LogP contribution >= 0.6 is 0 Å². The second-order valence-electron chi connectivity index (χ2n) is 5.84. The molecule has 0 unspecified atom stereocenters. The van der Waals surface area contributed by atoms with Crippen LogP contribution in [0, 0.1) is 5.92 Å². The topological polar surface area (TPSA) is 95.0 Å². The number of amides is 1. The summed E-state index contributed by atoms with van der Waals surface area (Å²) in [5.41, 5.74) is 0. The smallest absolute Gasteiger partial charge is 0.305 e. The molecule has 128 valence electrons. The second kappa shape index (κ2) is 7.92. The zero-order chi connectivity index (χ0) is 16.9. The van der Waals surface area contributed by atoms with Gasteiger partial charge in [-0.25, -0.2) is 12.7 Å². The van der Waals surface area contributed by atoms with Gasteiger partial charge in [-0.1, -0.05) is 0 Å². The standard InChI is InChI=1S/C14H26N2O5S/c1-4-22(20,21)15-8-5-12(6-9-15)14(19)16(11(2)3)10-7-13(17)18/h11-12H,4-10H2,1-3H3,(H,17,18). The Kier molecular flexibility index (Phi) is 6.80. The van der Waals surface area contributed by atoms with E-state index in [0.717, 1.165) is 0 Å². The van der Waals surface area contributed by atoms with Crippen molar-refractivity contribution in [2.75, 3.05) is 25.4 Å². The molecule has 0 atom stereocenters. The summed E-state index contributed by atoms with van der Waals surface area (Å²) in [4.78, 5) is 24.8. The number of hydrogen-bond donors (Lipinski definition) is 1. The van der Waals surface area contributed by atoms with Crippen molar-refractivity contribution >= 4 is 21.9 Å². The van der Waals surface area contributed by atoms with Crippen LogP contribution in [-0.4, -0.2) is 66.0 Å². The van der Waals surface area contributed by atoms with Crippen LogP contribution < -0.4 is 0 Å². The summed E-state index contributed by atoms with van der Waals surface area (Å²) in [6.07, 6.45) is 0.912. The van der Waals surface area contributed by atoms with E-state index in [-0.39, 0.29) is 36.6 Å². The van der Waals surface area contributed by atoms with Crippen molar-refractivity contribution in [3.05, 3.63) is 0 Å². The van der Waals surface area contributed by atoms with Gasteiger partial charge in [-0.05, 0) is 33.6 Å². The normalized spacial score (nSPS) is 17.6. The van der Waals surface area contributed by atoms with E-state index < -0.39 is 16.0 Å². The minimum atomic E-state index is -3.20. The van der Waals surface area contributed by atoms with Gasteiger partial charge in [0, 0.05) is 31.6 Å². The van der Waals surface area contributed by atoms with E-state index in [1.807, 2.05) is 13.8 Å². The largest absolute Gasteiger partial charge is 0.481 e. The molecule has 0 aromatic carbocycles. The monoisotopic (exact) mass is 334 g/mol. The predicted octanol–water partition coefficient (Wildman–Crippen LogP) is 0.760. The van der Waals surface area contributed by atoms with Gasteiger partial charge in [-0.2, -0.15) is 0 Å². The van der Waals surface area contributed by atoms with E-state index >= 15 is 0 Å². The molecule has 1 aliphatic rings. The number of carboxylic acids is 1. The Labute approximate surface area is 132 Å². The Morgan fingerprint density at radius 3 is 2.23 bits per heavy atom. The first kappa shape index (κ1) is 18.9. The predicted molar refractivity (Wildman–Crippen MR) is 82.9 cm³/mol. The lowest BCUT2D eigenvalue weighted by molar-refractivity contribution is -0.141. The van der Waals surface area contributed by atoms with E-state index in [2.05, 4.69) is 0 Å². The fourth-order valence-corrected chi connectivity index (χ4v) is 3.77. The van der Waals surface area contributed by atoms with Crippen LogP contribution in [0.2, 0.25) is 0 Å². The fraction of sp³-hybridized carbons (Fsp3) is 0.857. The molecule has 0 aromatic heterocycles. The summed E-state index contributed by atoms with van der Waals surface area (Å²) in [6.45, 7) is 6.24. The lowest BCUT2D eigenvalue weighted by Gasteiger charge is -2.35. The van der Waals surface area contributed by atoms with Crippen LogP contribution in [0.15, 0.2) is 0 Å². The molecule has 1 heterocycles. The van der Waals surface area contributed by atoms with Crippen molar-refractivity contribution in [2.24, 2.45) is 5.92 Å². The van der Waals surface area contributed by atoms with Crippen molar-refractivity contribution < 1.29 is 23.1 Å². The molecule has 1 aliphatic heterocycles. The molecular weight excluding hydrogens is 308 g/mol. The SMILES string of the molecule is CCS(=O)(=O)N1CCC(C(=O)N(CCC(=O)O)C(C)C)CC1. The first-order chi connectivity index (χ1) is 10.2. The third-order valence-electron chi connectivity index (χ3n) is 4.03. The quantitative estimate of drug-likeness (QED) is 0.741. The first-order valence-corrected chi connectivity index (χ1v) is 9.30. The van der Waals surface area contributed by atoms with Gasteiger partial charge in [0.2, 0.25) is 15.9 Å². The van der Waals surface area contributed by atoms with E-state index in [1.165, 1.54) is 4.31 Å². The van der Waals surface area contributed by atoms with Gasteiger partial charge in [-0.3, -0.25) is 9.59 Å². The van der Waals surface area contributed by atoms with Crippen LogP contribution in [0.25, 0.3) is 0 Å². The molecule has 0 radical (unpaired) electrons. The number of nitrogens with zero attached hydrogens (tertiary/aromatic N) is 2. The molecule has 1 saturated heterocycles. The van der Waals surface area contributed by atoms with E-state index in [1.54, 1.807) is 11.8 Å². The van der Waals surface area contributed by atoms with Gasteiger partial charge in [-0.15, -0.1) is 0 Å². The first-order valence-electron chi connectivity index (χ1n) is 7.69. The highest BCUT2D eigenvalue weighted by atomic mass is 32.2. The summed E-state index contributed by atoms with van der Waals surface area (Å²) < 4.78 is 25.1. The van der Waals surface area contributed by atoms with E-state index in [0.29, 0.717) is 25.9 Å². The highest BCUT2D eigenvalue weighted by Crippen LogP contribution is 2.23. The zero-order valence-electron chi connectivity index (χ0n) is 13.5. The van der Waals surface area contributed by atoms with Crippen LogP contribution in [0.4, 0.5) is 0 Å². The number of carbonyl (C=O) groups is 2. The Bertz CT molecular complexity index is 495. The Hall–Kier alpha value is -1.15. The molecule has 0 aromatic rings. The van der Waals surface area contributed by atoms with Crippen LogP contribution in [-0.2, 0) is 19.6 Å². The molecule has 8 heteroatoms. The highest BCUT2D eigenvalue weighted by molar-refractivity contribution is 7.89.